The number of amides is 1. The number of nitrogens with one attached hydrogen (secondary N) is 2. The number of hydrogen-bond acceptors (Lipinski definition) is 5. The lowest BCUT2D eigenvalue weighted by atomic mass is 9.78. The molecule has 180 valence electrons. The molecule has 8 heteroatoms. The second-order valence-electron chi connectivity index (χ2n) is 9.82. The molecule has 0 atom stereocenters. The Balaban J connectivity index is 1.21. The highest BCUT2D eigenvalue weighted by Crippen LogP contribution is 2.40. The van der Waals surface area contributed by atoms with Gasteiger partial charge in [-0.2, -0.15) is 0 Å². The summed E-state index contributed by atoms with van der Waals surface area (Å²) in [6, 6.07) is 8.13. The number of aromatic amines is 2. The van der Waals surface area contributed by atoms with Crippen LogP contribution in [0.2, 0.25) is 0 Å². The fraction of sp³-hybridized carbons (Fsp3) is 0.500. The molecule has 0 aliphatic carbocycles. The van der Waals surface area contributed by atoms with Crippen LogP contribution in [0.4, 0.5) is 0 Å². The van der Waals surface area contributed by atoms with Crippen molar-refractivity contribution in [3.8, 4) is 0 Å². The Bertz CT molecular complexity index is 1000. The zero-order chi connectivity index (χ0) is 23.4. The number of carbonyl (C=O) groups is 1. The van der Waals surface area contributed by atoms with E-state index in [0.717, 1.165) is 18.2 Å². The van der Waals surface area contributed by atoms with Gasteiger partial charge in [0.25, 0.3) is 5.91 Å². The molecule has 34 heavy (non-hydrogen) atoms. The Morgan fingerprint density at radius 3 is 2.06 bits per heavy atom. The molecule has 2 fully saturated rings. The van der Waals surface area contributed by atoms with E-state index in [9.17, 15) is 4.79 Å². The van der Waals surface area contributed by atoms with Gasteiger partial charge in [-0.05, 0) is 68.6 Å². The first-order valence-electron chi connectivity index (χ1n) is 12.4. The molecule has 2 aliphatic heterocycles. The van der Waals surface area contributed by atoms with E-state index in [1.807, 2.05) is 12.1 Å². The normalized spacial score (nSPS) is 18.5. The molecular formula is C26H35N7O. The Hall–Kier alpha value is -2.97. The van der Waals surface area contributed by atoms with Gasteiger partial charge in [-0.25, -0.2) is 9.97 Å². The number of imidazole rings is 2. The summed E-state index contributed by atoms with van der Waals surface area (Å²) >= 11 is 0. The van der Waals surface area contributed by atoms with Gasteiger partial charge in [-0.3, -0.25) is 9.69 Å². The highest BCUT2D eigenvalue weighted by atomic mass is 16.2. The first kappa shape index (κ1) is 22.8. The van der Waals surface area contributed by atoms with Crippen LogP contribution in [0.15, 0.2) is 49.1 Å². The Labute approximate surface area is 201 Å². The van der Waals surface area contributed by atoms with E-state index in [1.165, 1.54) is 57.5 Å². The van der Waals surface area contributed by atoms with Crippen molar-refractivity contribution in [2.45, 2.75) is 45.8 Å². The minimum atomic E-state index is -0.0258. The molecule has 1 aromatic carbocycles. The molecule has 0 bridgehead atoms. The van der Waals surface area contributed by atoms with Crippen LogP contribution >= 0.6 is 0 Å². The summed E-state index contributed by atoms with van der Waals surface area (Å²) in [5.74, 6) is 1.48. The lowest BCUT2D eigenvalue weighted by Crippen LogP contribution is -2.41. The first-order valence-corrected chi connectivity index (χ1v) is 12.4. The predicted octanol–water partition coefficient (Wildman–Crippen LogP) is 3.28. The van der Waals surface area contributed by atoms with Gasteiger partial charge in [-0.1, -0.05) is 19.1 Å². The van der Waals surface area contributed by atoms with Crippen molar-refractivity contribution in [1.29, 1.82) is 0 Å². The molecule has 0 unspecified atom stereocenters. The maximum atomic E-state index is 13.3. The topological polar surface area (TPSA) is 84.2 Å². The average molecular weight is 462 g/mol. The van der Waals surface area contributed by atoms with Gasteiger partial charge < -0.3 is 19.8 Å². The second-order valence-corrected chi connectivity index (χ2v) is 9.82. The van der Waals surface area contributed by atoms with Crippen LogP contribution in [-0.4, -0.2) is 73.3 Å². The average Bonchev–Trinajstić information content (AvgIpc) is 3.63. The van der Waals surface area contributed by atoms with Crippen molar-refractivity contribution in [2.24, 2.45) is 5.41 Å². The smallest absolute Gasteiger partial charge is 0.254 e. The molecule has 0 radical (unpaired) electrons. The van der Waals surface area contributed by atoms with Gasteiger partial charge in [0.05, 0.1) is 13.1 Å². The number of hydrogen-bond donors (Lipinski definition) is 2. The first-order chi connectivity index (χ1) is 16.6. The minimum absolute atomic E-state index is 0.0258. The fourth-order valence-corrected chi connectivity index (χ4v) is 5.44. The van der Waals surface area contributed by atoms with E-state index in [4.69, 9.17) is 0 Å². The monoisotopic (exact) mass is 461 g/mol. The molecule has 1 amide bonds. The summed E-state index contributed by atoms with van der Waals surface area (Å²) < 4.78 is 0. The molecule has 4 heterocycles. The summed E-state index contributed by atoms with van der Waals surface area (Å²) in [4.78, 5) is 35.0. The molecule has 2 aliphatic rings. The lowest BCUT2D eigenvalue weighted by molar-refractivity contribution is 0.0721. The maximum Gasteiger partial charge on any atom is 0.254 e. The van der Waals surface area contributed by atoms with Crippen molar-refractivity contribution in [2.75, 3.05) is 32.7 Å². The number of aromatic nitrogens is 4. The van der Waals surface area contributed by atoms with Crippen LogP contribution in [0, 0.1) is 5.41 Å². The second kappa shape index (κ2) is 10.1. The van der Waals surface area contributed by atoms with Crippen molar-refractivity contribution in [3.63, 3.8) is 0 Å². The standard InChI is InChI=1S/C26H35N7O/c1-2-31-14-7-26(8-15-31)9-16-32(20-26)17-21-3-5-22(6-4-21)25(34)33(18-23-27-10-11-28-23)19-24-29-12-13-30-24/h3-6,10-13H,2,7-9,14-20H2,1H3,(H,27,28)(H,29,30). The summed E-state index contributed by atoms with van der Waals surface area (Å²) in [5.41, 5.74) is 2.47. The van der Waals surface area contributed by atoms with Gasteiger partial charge in [-0.15, -0.1) is 0 Å². The van der Waals surface area contributed by atoms with Crippen molar-refractivity contribution in [3.05, 3.63) is 71.8 Å². The van der Waals surface area contributed by atoms with Crippen LogP contribution in [0.1, 0.15) is 53.8 Å². The van der Waals surface area contributed by atoms with E-state index in [0.29, 0.717) is 24.1 Å². The van der Waals surface area contributed by atoms with Gasteiger partial charge in [0, 0.05) is 43.4 Å². The van der Waals surface area contributed by atoms with E-state index in [1.54, 1.807) is 29.7 Å². The molecule has 1 spiro atoms. The lowest BCUT2D eigenvalue weighted by Gasteiger charge is -2.39. The summed E-state index contributed by atoms with van der Waals surface area (Å²) in [7, 11) is 0. The number of rotatable bonds is 8. The Morgan fingerprint density at radius 2 is 1.53 bits per heavy atom. The quantitative estimate of drug-likeness (QED) is 0.538. The SMILES string of the molecule is CCN1CCC2(CC1)CCN(Cc1ccc(C(=O)N(Cc3ncc[nH]3)Cc3ncc[nH]3)cc1)C2. The third-order valence-corrected chi connectivity index (χ3v) is 7.57. The molecular weight excluding hydrogens is 426 g/mol. The van der Waals surface area contributed by atoms with Crippen molar-refractivity contribution in [1.82, 2.24) is 34.6 Å². The van der Waals surface area contributed by atoms with Crippen LogP contribution < -0.4 is 0 Å². The molecule has 8 nitrogen and oxygen atoms in total. The highest BCUT2D eigenvalue weighted by Gasteiger charge is 2.40. The largest absolute Gasteiger partial charge is 0.347 e. The van der Waals surface area contributed by atoms with E-state index in [-0.39, 0.29) is 5.91 Å². The van der Waals surface area contributed by atoms with E-state index < -0.39 is 0 Å². The molecule has 2 N–H and O–H groups in total. The summed E-state index contributed by atoms with van der Waals surface area (Å²) in [5, 5.41) is 0. The predicted molar refractivity (Wildman–Crippen MR) is 131 cm³/mol. The molecule has 2 saturated heterocycles. The molecule has 2 aromatic heterocycles. The zero-order valence-corrected chi connectivity index (χ0v) is 20.0. The zero-order valence-electron chi connectivity index (χ0n) is 20.0. The molecule has 3 aromatic rings. The maximum absolute atomic E-state index is 13.3. The van der Waals surface area contributed by atoms with Crippen molar-refractivity contribution >= 4 is 5.91 Å². The Kier molecular flexibility index (Phi) is 6.78. The minimum Gasteiger partial charge on any atom is -0.347 e. The number of likely N-dealkylation sites (tertiary alicyclic amines) is 2. The number of nitrogens with zero attached hydrogens (tertiary/aromatic N) is 5. The number of H-pyrrole nitrogens is 2. The Morgan fingerprint density at radius 1 is 0.941 bits per heavy atom. The highest BCUT2D eigenvalue weighted by molar-refractivity contribution is 5.94. The van der Waals surface area contributed by atoms with Crippen LogP contribution in [0.25, 0.3) is 0 Å². The number of carbonyl (C=O) groups excluding carboxylic acids is 1. The van der Waals surface area contributed by atoms with Crippen LogP contribution in [0.5, 0.6) is 0 Å². The number of benzene rings is 1. The molecule has 5 rings (SSSR count). The van der Waals surface area contributed by atoms with E-state index in [2.05, 4.69) is 48.8 Å². The van der Waals surface area contributed by atoms with Gasteiger partial charge in [0.1, 0.15) is 11.6 Å². The summed E-state index contributed by atoms with van der Waals surface area (Å²) in [6.07, 6.45) is 10.9. The van der Waals surface area contributed by atoms with Gasteiger partial charge in [0.2, 0.25) is 0 Å². The van der Waals surface area contributed by atoms with Crippen LogP contribution in [-0.2, 0) is 19.6 Å². The van der Waals surface area contributed by atoms with Gasteiger partial charge in [0.15, 0.2) is 0 Å². The summed E-state index contributed by atoms with van der Waals surface area (Å²) in [6.45, 7) is 10.1. The number of piperidine rings is 1. The van der Waals surface area contributed by atoms with Crippen molar-refractivity contribution < 1.29 is 4.79 Å². The molecule has 0 saturated carbocycles. The third-order valence-electron chi connectivity index (χ3n) is 7.57. The van der Waals surface area contributed by atoms with Gasteiger partial charge >= 0.3 is 0 Å². The third kappa shape index (κ3) is 5.23. The van der Waals surface area contributed by atoms with E-state index >= 15 is 0 Å². The fourth-order valence-electron chi connectivity index (χ4n) is 5.44. The van der Waals surface area contributed by atoms with Crippen LogP contribution in [0.3, 0.4) is 0 Å².